The third-order valence-electron chi connectivity index (χ3n) is 2.83. The number of hydrogen-bond acceptors (Lipinski definition) is 3. The van der Waals surface area contributed by atoms with Crippen LogP contribution in [0.25, 0.3) is 0 Å². The Kier molecular flexibility index (Phi) is 5.05. The van der Waals surface area contributed by atoms with Crippen molar-refractivity contribution < 1.29 is 8.78 Å². The summed E-state index contributed by atoms with van der Waals surface area (Å²) in [6, 6.07) is 2.59. The van der Waals surface area contributed by atoms with Gasteiger partial charge in [0, 0.05) is 18.8 Å². The summed E-state index contributed by atoms with van der Waals surface area (Å²) in [7, 11) is 1.75. The van der Waals surface area contributed by atoms with Crippen LogP contribution in [0.3, 0.4) is 0 Å². The molecule has 0 heterocycles. The lowest BCUT2D eigenvalue weighted by Gasteiger charge is -2.30. The molecule has 0 saturated heterocycles. The standard InChI is InChI=1S/C12H18F2N2S/c1-4-8(7-17-3)16(2)12-10(15)6-5-9(13)11(12)14/h5-6,8H,4,7,15H2,1-3H3. The number of nitrogens with two attached hydrogens (primary N) is 1. The molecular weight excluding hydrogens is 242 g/mol. The smallest absolute Gasteiger partial charge is 0.184 e. The fraction of sp³-hybridized carbons (Fsp3) is 0.500. The van der Waals surface area contributed by atoms with Crippen LogP contribution in [-0.4, -0.2) is 25.1 Å². The van der Waals surface area contributed by atoms with Crippen molar-refractivity contribution in [2.24, 2.45) is 0 Å². The van der Waals surface area contributed by atoms with Gasteiger partial charge in [0.25, 0.3) is 0 Å². The second-order valence-corrected chi connectivity index (χ2v) is 4.84. The normalized spacial score (nSPS) is 12.5. The molecular formula is C12H18F2N2S. The molecule has 0 saturated carbocycles. The SMILES string of the molecule is CCC(CSC)N(C)c1c(N)ccc(F)c1F. The van der Waals surface area contributed by atoms with Gasteiger partial charge in [0.15, 0.2) is 11.6 Å². The maximum absolute atomic E-state index is 13.7. The third-order valence-corrected chi connectivity index (χ3v) is 3.55. The third kappa shape index (κ3) is 3.03. The zero-order chi connectivity index (χ0) is 13.0. The number of nitrogen functional groups attached to an aromatic ring is 1. The maximum atomic E-state index is 13.7. The molecule has 2 nitrogen and oxygen atoms in total. The van der Waals surface area contributed by atoms with Gasteiger partial charge in [0.05, 0.1) is 11.4 Å². The van der Waals surface area contributed by atoms with Gasteiger partial charge in [0.1, 0.15) is 0 Å². The molecule has 0 aromatic heterocycles. The van der Waals surface area contributed by atoms with Crippen molar-refractivity contribution in [3.05, 3.63) is 23.8 Å². The van der Waals surface area contributed by atoms with Gasteiger partial charge in [-0.15, -0.1) is 0 Å². The highest BCUT2D eigenvalue weighted by atomic mass is 32.2. The summed E-state index contributed by atoms with van der Waals surface area (Å²) >= 11 is 1.67. The van der Waals surface area contributed by atoms with Crippen LogP contribution in [0.4, 0.5) is 20.2 Å². The predicted molar refractivity (Wildman–Crippen MR) is 71.6 cm³/mol. The highest BCUT2D eigenvalue weighted by molar-refractivity contribution is 7.98. The lowest BCUT2D eigenvalue weighted by molar-refractivity contribution is 0.504. The predicted octanol–water partition coefficient (Wildman–Crippen LogP) is 3.12. The molecule has 96 valence electrons. The van der Waals surface area contributed by atoms with E-state index in [1.54, 1.807) is 23.7 Å². The fourth-order valence-electron chi connectivity index (χ4n) is 1.79. The minimum Gasteiger partial charge on any atom is -0.397 e. The first-order valence-corrected chi connectivity index (χ1v) is 6.87. The van der Waals surface area contributed by atoms with E-state index < -0.39 is 11.6 Å². The Labute approximate surface area is 105 Å². The van der Waals surface area contributed by atoms with Crippen LogP contribution in [0.5, 0.6) is 0 Å². The van der Waals surface area contributed by atoms with Crippen LogP contribution in [-0.2, 0) is 0 Å². The lowest BCUT2D eigenvalue weighted by Crippen LogP contribution is -2.34. The van der Waals surface area contributed by atoms with E-state index in [1.807, 2.05) is 13.2 Å². The van der Waals surface area contributed by atoms with E-state index in [0.717, 1.165) is 18.2 Å². The summed E-state index contributed by atoms with van der Waals surface area (Å²) in [4.78, 5) is 1.73. The summed E-state index contributed by atoms with van der Waals surface area (Å²) in [5, 5.41) is 0. The van der Waals surface area contributed by atoms with Gasteiger partial charge < -0.3 is 10.6 Å². The highest BCUT2D eigenvalue weighted by Gasteiger charge is 2.20. The number of hydrogen-bond donors (Lipinski definition) is 1. The zero-order valence-corrected chi connectivity index (χ0v) is 11.2. The molecule has 17 heavy (non-hydrogen) atoms. The van der Waals surface area contributed by atoms with E-state index in [4.69, 9.17) is 5.73 Å². The quantitative estimate of drug-likeness (QED) is 0.825. The van der Waals surface area contributed by atoms with E-state index in [0.29, 0.717) is 0 Å². The summed E-state index contributed by atoms with van der Waals surface area (Å²) in [6.07, 6.45) is 2.84. The van der Waals surface area contributed by atoms with Crippen molar-refractivity contribution in [1.29, 1.82) is 0 Å². The molecule has 0 fully saturated rings. The Morgan fingerprint density at radius 2 is 2.06 bits per heavy atom. The molecule has 5 heteroatoms. The van der Waals surface area contributed by atoms with E-state index >= 15 is 0 Å². The fourth-order valence-corrected chi connectivity index (χ4v) is 2.64. The number of benzene rings is 1. The number of anilines is 2. The summed E-state index contributed by atoms with van der Waals surface area (Å²) in [6.45, 7) is 2.02. The highest BCUT2D eigenvalue weighted by Crippen LogP contribution is 2.30. The molecule has 0 bridgehead atoms. The van der Waals surface area contributed by atoms with Crippen molar-refractivity contribution in [2.75, 3.05) is 29.7 Å². The molecule has 1 unspecified atom stereocenters. The van der Waals surface area contributed by atoms with Crippen LogP contribution in [0, 0.1) is 11.6 Å². The van der Waals surface area contributed by atoms with Crippen molar-refractivity contribution in [3.63, 3.8) is 0 Å². The van der Waals surface area contributed by atoms with Crippen LogP contribution in [0.15, 0.2) is 12.1 Å². The van der Waals surface area contributed by atoms with Crippen molar-refractivity contribution in [1.82, 2.24) is 0 Å². The summed E-state index contributed by atoms with van der Waals surface area (Å²) in [5.74, 6) is -0.880. The molecule has 1 atom stereocenters. The van der Waals surface area contributed by atoms with Gasteiger partial charge in [-0.1, -0.05) is 6.92 Å². The Morgan fingerprint density at radius 3 is 2.59 bits per heavy atom. The largest absolute Gasteiger partial charge is 0.397 e. The first-order chi connectivity index (χ1) is 8.02. The molecule has 0 amide bonds. The summed E-state index contributed by atoms with van der Waals surface area (Å²) < 4.78 is 27.0. The van der Waals surface area contributed by atoms with Crippen LogP contribution < -0.4 is 10.6 Å². The Balaban J connectivity index is 3.10. The first-order valence-electron chi connectivity index (χ1n) is 5.48. The average molecular weight is 260 g/mol. The van der Waals surface area contributed by atoms with Gasteiger partial charge in [-0.2, -0.15) is 11.8 Å². The van der Waals surface area contributed by atoms with E-state index in [1.165, 1.54) is 6.07 Å². The zero-order valence-electron chi connectivity index (χ0n) is 10.3. The molecule has 1 aromatic carbocycles. The van der Waals surface area contributed by atoms with Gasteiger partial charge >= 0.3 is 0 Å². The Hall–Kier alpha value is -0.970. The Bertz CT molecular complexity index is 385. The minimum absolute atomic E-state index is 0.142. The maximum Gasteiger partial charge on any atom is 0.184 e. The van der Waals surface area contributed by atoms with Crippen LogP contribution >= 0.6 is 11.8 Å². The first kappa shape index (κ1) is 14.1. The van der Waals surface area contributed by atoms with Crippen LogP contribution in [0.1, 0.15) is 13.3 Å². The van der Waals surface area contributed by atoms with E-state index in [9.17, 15) is 8.78 Å². The molecule has 0 spiro atoms. The molecule has 2 N–H and O–H groups in total. The average Bonchev–Trinajstić information content (AvgIpc) is 2.31. The number of nitrogens with zero attached hydrogens (tertiary/aromatic N) is 1. The van der Waals surface area contributed by atoms with E-state index in [2.05, 4.69) is 0 Å². The summed E-state index contributed by atoms with van der Waals surface area (Å²) in [5.41, 5.74) is 6.15. The molecule has 0 aliphatic rings. The molecule has 0 radical (unpaired) electrons. The van der Waals surface area contributed by atoms with Gasteiger partial charge in [-0.05, 0) is 24.8 Å². The number of halogens is 2. The Morgan fingerprint density at radius 1 is 1.41 bits per heavy atom. The second-order valence-electron chi connectivity index (χ2n) is 3.93. The van der Waals surface area contributed by atoms with Crippen molar-refractivity contribution >= 4 is 23.1 Å². The van der Waals surface area contributed by atoms with Gasteiger partial charge in [0.2, 0.25) is 0 Å². The van der Waals surface area contributed by atoms with Crippen LogP contribution in [0.2, 0.25) is 0 Å². The van der Waals surface area contributed by atoms with Crippen molar-refractivity contribution in [2.45, 2.75) is 19.4 Å². The number of thioether (sulfide) groups is 1. The molecule has 0 aliphatic heterocycles. The monoisotopic (exact) mass is 260 g/mol. The molecule has 1 rings (SSSR count). The molecule has 0 aliphatic carbocycles. The van der Waals surface area contributed by atoms with Crippen molar-refractivity contribution in [3.8, 4) is 0 Å². The minimum atomic E-state index is -0.868. The van der Waals surface area contributed by atoms with Gasteiger partial charge in [-0.25, -0.2) is 8.78 Å². The number of rotatable bonds is 5. The lowest BCUT2D eigenvalue weighted by atomic mass is 10.1. The van der Waals surface area contributed by atoms with E-state index in [-0.39, 0.29) is 17.4 Å². The van der Waals surface area contributed by atoms with Gasteiger partial charge in [-0.3, -0.25) is 0 Å². The molecule has 1 aromatic rings. The second kappa shape index (κ2) is 6.10. The topological polar surface area (TPSA) is 29.3 Å².